The van der Waals surface area contributed by atoms with Crippen LogP contribution in [0.4, 0.5) is 0 Å². The van der Waals surface area contributed by atoms with Gasteiger partial charge in [-0.3, -0.25) is 4.79 Å². The first-order chi connectivity index (χ1) is 6.18. The summed E-state index contributed by atoms with van der Waals surface area (Å²) in [6.07, 6.45) is 6.20. The van der Waals surface area contributed by atoms with Crippen LogP contribution in [0, 0.1) is 5.92 Å². The summed E-state index contributed by atoms with van der Waals surface area (Å²) < 4.78 is 0. The van der Waals surface area contributed by atoms with Crippen molar-refractivity contribution in [2.45, 2.75) is 39.5 Å². The molecule has 1 atom stereocenters. The molecule has 2 aliphatic carbocycles. The lowest BCUT2D eigenvalue weighted by atomic mass is 9.75. The van der Waals surface area contributed by atoms with Gasteiger partial charge in [-0.05, 0) is 56.3 Å². The zero-order valence-electron chi connectivity index (χ0n) is 8.39. The zero-order chi connectivity index (χ0) is 9.42. The van der Waals surface area contributed by atoms with Gasteiger partial charge in [-0.1, -0.05) is 5.57 Å². The van der Waals surface area contributed by atoms with Crippen molar-refractivity contribution in [3.8, 4) is 0 Å². The third kappa shape index (κ3) is 1.48. The van der Waals surface area contributed by atoms with E-state index < -0.39 is 0 Å². The molecule has 0 N–H and O–H groups in total. The molecule has 1 nitrogen and oxygen atoms in total. The fourth-order valence-corrected chi connectivity index (χ4v) is 2.37. The lowest BCUT2D eigenvalue weighted by Crippen LogP contribution is -2.18. The molecule has 0 saturated carbocycles. The fraction of sp³-hybridized carbons (Fsp3) is 0.583. The van der Waals surface area contributed by atoms with Gasteiger partial charge in [0.25, 0.3) is 0 Å². The molecule has 0 bridgehead atoms. The lowest BCUT2D eigenvalue weighted by Gasteiger charge is -2.30. The Hall–Kier alpha value is -0.850. The van der Waals surface area contributed by atoms with Gasteiger partial charge < -0.3 is 0 Å². The van der Waals surface area contributed by atoms with Gasteiger partial charge >= 0.3 is 0 Å². The Morgan fingerprint density at radius 2 is 1.92 bits per heavy atom. The van der Waals surface area contributed by atoms with E-state index in [1.165, 1.54) is 29.6 Å². The Balaban J connectivity index is 2.40. The SMILES string of the molecule is CC1=C(C)C2=CC(=O)CCC2CC1. The van der Waals surface area contributed by atoms with Gasteiger partial charge in [-0.2, -0.15) is 0 Å². The van der Waals surface area contributed by atoms with Gasteiger partial charge in [0.2, 0.25) is 0 Å². The number of carbonyl (C=O) groups is 1. The minimum absolute atomic E-state index is 0.320. The molecule has 0 aliphatic heterocycles. The summed E-state index contributed by atoms with van der Waals surface area (Å²) in [6.45, 7) is 4.34. The number of rotatable bonds is 0. The smallest absolute Gasteiger partial charge is 0.156 e. The summed E-state index contributed by atoms with van der Waals surface area (Å²) in [7, 11) is 0. The molecule has 0 fully saturated rings. The van der Waals surface area contributed by atoms with Gasteiger partial charge in [0.1, 0.15) is 0 Å². The van der Waals surface area contributed by atoms with Crippen molar-refractivity contribution < 1.29 is 4.79 Å². The van der Waals surface area contributed by atoms with Gasteiger partial charge in [0.05, 0.1) is 0 Å². The monoisotopic (exact) mass is 176 g/mol. The maximum Gasteiger partial charge on any atom is 0.156 e. The molecule has 0 amide bonds. The molecule has 1 heteroatoms. The summed E-state index contributed by atoms with van der Waals surface area (Å²) in [6, 6.07) is 0. The summed E-state index contributed by atoms with van der Waals surface area (Å²) in [5.41, 5.74) is 4.18. The van der Waals surface area contributed by atoms with Gasteiger partial charge in [-0.15, -0.1) is 0 Å². The van der Waals surface area contributed by atoms with Crippen molar-refractivity contribution in [3.63, 3.8) is 0 Å². The molecular formula is C12H16O. The molecular weight excluding hydrogens is 160 g/mol. The number of carbonyl (C=O) groups excluding carboxylic acids is 1. The van der Waals surface area contributed by atoms with Crippen LogP contribution in [0.15, 0.2) is 22.8 Å². The molecule has 0 spiro atoms. The summed E-state index contributed by atoms with van der Waals surface area (Å²) in [4.78, 5) is 11.3. The van der Waals surface area contributed by atoms with Crippen LogP contribution in [0.2, 0.25) is 0 Å². The molecule has 2 aliphatic rings. The molecule has 1 unspecified atom stereocenters. The molecule has 0 heterocycles. The second-order valence-corrected chi connectivity index (χ2v) is 4.25. The summed E-state index contributed by atoms with van der Waals surface area (Å²) in [5.74, 6) is 1.00. The van der Waals surface area contributed by atoms with E-state index >= 15 is 0 Å². The van der Waals surface area contributed by atoms with Crippen molar-refractivity contribution in [1.82, 2.24) is 0 Å². The first-order valence-electron chi connectivity index (χ1n) is 5.09. The highest BCUT2D eigenvalue weighted by Crippen LogP contribution is 2.38. The zero-order valence-corrected chi connectivity index (χ0v) is 8.39. The van der Waals surface area contributed by atoms with Gasteiger partial charge in [0, 0.05) is 6.42 Å². The summed E-state index contributed by atoms with van der Waals surface area (Å²) >= 11 is 0. The topological polar surface area (TPSA) is 17.1 Å². The maximum atomic E-state index is 11.3. The van der Waals surface area contributed by atoms with Crippen LogP contribution in [-0.2, 0) is 4.79 Å². The first-order valence-corrected chi connectivity index (χ1v) is 5.09. The van der Waals surface area contributed by atoms with Crippen molar-refractivity contribution in [3.05, 3.63) is 22.8 Å². The average Bonchev–Trinajstić information content (AvgIpc) is 2.12. The van der Waals surface area contributed by atoms with E-state index in [1.54, 1.807) is 0 Å². The molecule has 70 valence electrons. The van der Waals surface area contributed by atoms with E-state index in [0.717, 1.165) is 12.8 Å². The molecule has 0 saturated heterocycles. The lowest BCUT2D eigenvalue weighted by molar-refractivity contribution is -0.115. The predicted octanol–water partition coefficient (Wildman–Crippen LogP) is 3.02. The van der Waals surface area contributed by atoms with E-state index in [4.69, 9.17) is 0 Å². The quantitative estimate of drug-likeness (QED) is 0.554. The highest BCUT2D eigenvalue weighted by Gasteiger charge is 2.26. The van der Waals surface area contributed by atoms with Gasteiger partial charge in [0.15, 0.2) is 5.78 Å². The Bertz CT molecular complexity index is 307. The maximum absolute atomic E-state index is 11.3. The minimum Gasteiger partial charge on any atom is -0.295 e. The highest BCUT2D eigenvalue weighted by atomic mass is 16.1. The van der Waals surface area contributed by atoms with E-state index in [2.05, 4.69) is 13.8 Å². The van der Waals surface area contributed by atoms with Crippen LogP contribution < -0.4 is 0 Å². The third-order valence-corrected chi connectivity index (χ3v) is 3.44. The normalized spacial score (nSPS) is 28.6. The second kappa shape index (κ2) is 3.13. The molecule has 0 aromatic carbocycles. The van der Waals surface area contributed by atoms with Crippen molar-refractivity contribution >= 4 is 5.78 Å². The van der Waals surface area contributed by atoms with Crippen LogP contribution >= 0.6 is 0 Å². The summed E-state index contributed by atoms with van der Waals surface area (Å²) in [5, 5.41) is 0. The van der Waals surface area contributed by atoms with Gasteiger partial charge in [-0.25, -0.2) is 0 Å². The van der Waals surface area contributed by atoms with Crippen LogP contribution in [-0.4, -0.2) is 5.78 Å². The Kier molecular flexibility index (Phi) is 2.10. The predicted molar refractivity (Wildman–Crippen MR) is 53.4 cm³/mol. The Morgan fingerprint density at radius 1 is 1.23 bits per heavy atom. The molecule has 0 aromatic rings. The number of hydrogen-bond donors (Lipinski definition) is 0. The minimum atomic E-state index is 0.320. The average molecular weight is 176 g/mol. The van der Waals surface area contributed by atoms with Crippen LogP contribution in [0.1, 0.15) is 39.5 Å². The van der Waals surface area contributed by atoms with Crippen LogP contribution in [0.5, 0.6) is 0 Å². The second-order valence-electron chi connectivity index (χ2n) is 4.25. The standard InChI is InChI=1S/C12H16O/c1-8-3-4-10-5-6-11(13)7-12(10)9(8)2/h7,10H,3-6H2,1-2H3. The number of ketones is 1. The number of allylic oxidation sites excluding steroid dienone is 4. The van der Waals surface area contributed by atoms with Crippen LogP contribution in [0.3, 0.4) is 0 Å². The first kappa shape index (κ1) is 8.74. The molecule has 13 heavy (non-hydrogen) atoms. The van der Waals surface area contributed by atoms with E-state index in [9.17, 15) is 4.79 Å². The van der Waals surface area contributed by atoms with Crippen molar-refractivity contribution in [1.29, 1.82) is 0 Å². The largest absolute Gasteiger partial charge is 0.295 e. The fourth-order valence-electron chi connectivity index (χ4n) is 2.37. The number of fused-ring (bicyclic) bond motifs is 1. The highest BCUT2D eigenvalue weighted by molar-refractivity contribution is 5.92. The van der Waals surface area contributed by atoms with E-state index in [-0.39, 0.29) is 0 Å². The van der Waals surface area contributed by atoms with E-state index in [0.29, 0.717) is 11.7 Å². The van der Waals surface area contributed by atoms with Crippen molar-refractivity contribution in [2.75, 3.05) is 0 Å². The van der Waals surface area contributed by atoms with E-state index in [1.807, 2.05) is 6.08 Å². The van der Waals surface area contributed by atoms with Crippen molar-refractivity contribution in [2.24, 2.45) is 5.92 Å². The number of hydrogen-bond acceptors (Lipinski definition) is 1. The third-order valence-electron chi connectivity index (χ3n) is 3.44. The van der Waals surface area contributed by atoms with Crippen LogP contribution in [0.25, 0.3) is 0 Å². The Morgan fingerprint density at radius 3 is 2.69 bits per heavy atom. The molecule has 0 radical (unpaired) electrons. The molecule has 0 aromatic heterocycles. The Labute approximate surface area is 79.5 Å². The molecule has 2 rings (SSSR count).